The van der Waals surface area contributed by atoms with E-state index < -0.39 is 0 Å². The number of aromatic amines is 1. The minimum absolute atomic E-state index is 0.119. The molecule has 3 heteroatoms. The fourth-order valence-corrected chi connectivity index (χ4v) is 3.43. The van der Waals surface area contributed by atoms with E-state index in [1.807, 2.05) is 57.2 Å². The number of hydrogen-bond donors (Lipinski definition) is 1. The topological polar surface area (TPSA) is 32.9 Å². The molecular weight excluding hydrogens is 325 g/mol. The van der Waals surface area contributed by atoms with Crippen LogP contribution in [0.15, 0.2) is 42.5 Å². The molecule has 2 nitrogen and oxygen atoms in total. The van der Waals surface area contributed by atoms with Crippen LogP contribution in [0.5, 0.6) is 0 Å². The molecule has 0 aliphatic carbocycles. The van der Waals surface area contributed by atoms with Gasteiger partial charge in [-0.15, -0.1) is 0 Å². The van der Waals surface area contributed by atoms with Gasteiger partial charge in [0, 0.05) is 17.5 Å². The van der Waals surface area contributed by atoms with Crippen LogP contribution in [0.4, 0.5) is 4.39 Å². The first-order valence-electron chi connectivity index (χ1n) is 9.00. The lowest BCUT2D eigenvalue weighted by Gasteiger charge is -2.04. The van der Waals surface area contributed by atoms with Crippen LogP contribution >= 0.6 is 0 Å². The monoisotopic (exact) mass is 349 g/mol. The summed E-state index contributed by atoms with van der Waals surface area (Å²) in [6.07, 6.45) is 5.55. The van der Waals surface area contributed by atoms with E-state index in [2.05, 4.69) is 4.98 Å². The summed E-state index contributed by atoms with van der Waals surface area (Å²) in [4.78, 5) is 15.3. The van der Waals surface area contributed by atoms with Crippen LogP contribution in [0.25, 0.3) is 17.0 Å². The smallest absolute Gasteiger partial charge is 0.155 e. The Labute approximate surface area is 153 Å². The van der Waals surface area contributed by atoms with Crippen molar-refractivity contribution in [2.24, 2.45) is 0 Å². The lowest BCUT2D eigenvalue weighted by Crippen LogP contribution is -1.96. The van der Waals surface area contributed by atoms with Crippen molar-refractivity contribution in [3.8, 4) is 0 Å². The van der Waals surface area contributed by atoms with Gasteiger partial charge in [-0.05, 0) is 68.0 Å². The minimum Gasteiger partial charge on any atom is -0.356 e. The maximum Gasteiger partial charge on any atom is 0.155 e. The van der Waals surface area contributed by atoms with E-state index in [1.165, 1.54) is 6.07 Å². The van der Waals surface area contributed by atoms with Crippen molar-refractivity contribution in [3.05, 3.63) is 76.2 Å². The van der Waals surface area contributed by atoms with E-state index in [0.29, 0.717) is 11.9 Å². The van der Waals surface area contributed by atoms with Crippen LogP contribution in [0.1, 0.15) is 40.8 Å². The Bertz CT molecular complexity index is 981. The Balaban J connectivity index is 1.66. The third-order valence-electron chi connectivity index (χ3n) is 4.92. The molecule has 1 aromatic heterocycles. The van der Waals surface area contributed by atoms with E-state index in [9.17, 15) is 9.18 Å². The number of rotatable bonds is 6. The molecule has 0 saturated carbocycles. The fourth-order valence-electron chi connectivity index (χ4n) is 3.43. The lowest BCUT2D eigenvalue weighted by atomic mass is 10.00. The predicted molar refractivity (Wildman–Crippen MR) is 106 cm³/mol. The highest BCUT2D eigenvalue weighted by Crippen LogP contribution is 2.28. The molecule has 0 amide bonds. The molecule has 26 heavy (non-hydrogen) atoms. The standard InChI is InChI=1S/C23H24FNO/c1-15-7-4-5-8-18(15)12-13-19(26)9-6-10-20-17(3)25-23-21(24)14-11-16(2)22(20)23/h4-5,7-8,11-14,25H,6,9-10H2,1-3H3/b13-12+. The Kier molecular flexibility index (Phi) is 5.36. The molecule has 134 valence electrons. The number of hydrogen-bond acceptors (Lipinski definition) is 1. The summed E-state index contributed by atoms with van der Waals surface area (Å²) in [6.45, 7) is 5.99. The number of benzene rings is 2. The highest BCUT2D eigenvalue weighted by molar-refractivity contribution is 5.94. The van der Waals surface area contributed by atoms with Gasteiger partial charge in [0.25, 0.3) is 0 Å². The van der Waals surface area contributed by atoms with Gasteiger partial charge in [0.2, 0.25) is 0 Å². The number of ketones is 1. The quantitative estimate of drug-likeness (QED) is 0.557. The van der Waals surface area contributed by atoms with E-state index >= 15 is 0 Å². The number of carbonyl (C=O) groups excluding carboxylic acids is 1. The van der Waals surface area contributed by atoms with Gasteiger partial charge >= 0.3 is 0 Å². The van der Waals surface area contributed by atoms with Gasteiger partial charge in [-0.25, -0.2) is 4.39 Å². The number of nitrogens with one attached hydrogen (secondary N) is 1. The van der Waals surface area contributed by atoms with Crippen molar-refractivity contribution in [2.75, 3.05) is 0 Å². The molecule has 2 aromatic carbocycles. The zero-order valence-corrected chi connectivity index (χ0v) is 15.5. The second kappa shape index (κ2) is 7.69. The molecule has 0 radical (unpaired) electrons. The van der Waals surface area contributed by atoms with Crippen molar-refractivity contribution in [1.82, 2.24) is 4.98 Å². The summed E-state index contributed by atoms with van der Waals surface area (Å²) in [6, 6.07) is 11.3. The molecule has 0 unspecified atom stereocenters. The summed E-state index contributed by atoms with van der Waals surface area (Å²) in [5.74, 6) is -0.106. The molecule has 1 heterocycles. The highest BCUT2D eigenvalue weighted by Gasteiger charge is 2.13. The average molecular weight is 349 g/mol. The lowest BCUT2D eigenvalue weighted by molar-refractivity contribution is -0.114. The minimum atomic E-state index is -0.225. The van der Waals surface area contributed by atoms with Gasteiger partial charge in [0.15, 0.2) is 5.78 Å². The summed E-state index contributed by atoms with van der Waals surface area (Å²) < 4.78 is 14.0. The van der Waals surface area contributed by atoms with Gasteiger partial charge in [0.1, 0.15) is 5.82 Å². The van der Waals surface area contributed by atoms with Crippen LogP contribution in [0.2, 0.25) is 0 Å². The first-order valence-corrected chi connectivity index (χ1v) is 9.00. The molecule has 1 N–H and O–H groups in total. The van der Waals surface area contributed by atoms with Crippen LogP contribution in [-0.2, 0) is 11.2 Å². The van der Waals surface area contributed by atoms with Crippen LogP contribution in [0, 0.1) is 26.6 Å². The largest absolute Gasteiger partial charge is 0.356 e. The van der Waals surface area contributed by atoms with Gasteiger partial charge in [0.05, 0.1) is 5.52 Å². The molecule has 3 aromatic rings. The van der Waals surface area contributed by atoms with E-state index in [-0.39, 0.29) is 11.6 Å². The molecule has 0 fully saturated rings. The second-order valence-electron chi connectivity index (χ2n) is 6.85. The summed E-state index contributed by atoms with van der Waals surface area (Å²) in [5.41, 5.74) is 5.96. The van der Waals surface area contributed by atoms with Gasteiger partial charge in [-0.1, -0.05) is 36.4 Å². The zero-order valence-electron chi connectivity index (χ0n) is 15.5. The van der Waals surface area contributed by atoms with E-state index in [0.717, 1.165) is 46.2 Å². The SMILES string of the molecule is Cc1ccccc1/C=C/C(=O)CCCc1c(C)[nH]c2c(F)ccc(C)c12. The van der Waals surface area contributed by atoms with E-state index in [4.69, 9.17) is 0 Å². The van der Waals surface area contributed by atoms with Crippen molar-refractivity contribution >= 4 is 22.8 Å². The molecule has 0 aliphatic heterocycles. The van der Waals surface area contributed by atoms with E-state index in [1.54, 1.807) is 6.08 Å². The highest BCUT2D eigenvalue weighted by atomic mass is 19.1. The maximum atomic E-state index is 14.0. The zero-order chi connectivity index (χ0) is 18.7. The Morgan fingerprint density at radius 2 is 1.85 bits per heavy atom. The first kappa shape index (κ1) is 18.1. The van der Waals surface area contributed by atoms with Gasteiger partial charge < -0.3 is 4.98 Å². The van der Waals surface area contributed by atoms with Crippen molar-refractivity contribution in [3.63, 3.8) is 0 Å². The summed E-state index contributed by atoms with van der Waals surface area (Å²) in [5, 5.41) is 0.963. The van der Waals surface area contributed by atoms with Crippen LogP contribution in [-0.4, -0.2) is 10.8 Å². The van der Waals surface area contributed by atoms with Crippen molar-refractivity contribution in [2.45, 2.75) is 40.0 Å². The molecule has 0 saturated heterocycles. The Morgan fingerprint density at radius 1 is 1.08 bits per heavy atom. The Hall–Kier alpha value is -2.68. The normalized spacial score (nSPS) is 11.5. The Morgan fingerprint density at radius 3 is 2.62 bits per heavy atom. The summed E-state index contributed by atoms with van der Waals surface area (Å²) in [7, 11) is 0. The third-order valence-corrected chi connectivity index (χ3v) is 4.92. The number of halogens is 1. The van der Waals surface area contributed by atoms with Crippen molar-refractivity contribution in [1.29, 1.82) is 0 Å². The third kappa shape index (κ3) is 3.77. The average Bonchev–Trinajstić information content (AvgIpc) is 2.95. The molecule has 0 atom stereocenters. The molecule has 0 aliphatic rings. The second-order valence-corrected chi connectivity index (χ2v) is 6.85. The number of aromatic nitrogens is 1. The number of carbonyl (C=O) groups is 1. The molecule has 3 rings (SSSR count). The number of allylic oxidation sites excluding steroid dienone is 1. The fraction of sp³-hybridized carbons (Fsp3) is 0.261. The number of aryl methyl sites for hydroxylation is 4. The van der Waals surface area contributed by atoms with Crippen LogP contribution in [0.3, 0.4) is 0 Å². The van der Waals surface area contributed by atoms with Crippen LogP contribution < -0.4 is 0 Å². The first-order chi connectivity index (χ1) is 12.5. The van der Waals surface area contributed by atoms with Gasteiger partial charge in [-0.2, -0.15) is 0 Å². The van der Waals surface area contributed by atoms with Gasteiger partial charge in [-0.3, -0.25) is 4.79 Å². The molecular formula is C23H24FNO. The maximum absolute atomic E-state index is 14.0. The molecule has 0 spiro atoms. The summed E-state index contributed by atoms with van der Waals surface area (Å²) >= 11 is 0. The van der Waals surface area contributed by atoms with Crippen molar-refractivity contribution < 1.29 is 9.18 Å². The number of H-pyrrole nitrogens is 1. The predicted octanol–water partition coefficient (Wildman–Crippen LogP) is 5.84. The number of fused-ring (bicyclic) bond motifs is 1. The molecule has 0 bridgehead atoms.